The van der Waals surface area contributed by atoms with E-state index in [4.69, 9.17) is 0 Å². The Bertz CT molecular complexity index is 297. The number of piperazine rings is 1. The van der Waals surface area contributed by atoms with Crippen molar-refractivity contribution in [3.8, 4) is 0 Å². The van der Waals surface area contributed by atoms with Gasteiger partial charge in [-0.3, -0.25) is 9.69 Å². The van der Waals surface area contributed by atoms with Crippen molar-refractivity contribution in [2.75, 3.05) is 18.0 Å². The van der Waals surface area contributed by atoms with E-state index < -0.39 is 0 Å². The average Bonchev–Trinajstić information content (AvgIpc) is 2.57. The number of rotatable bonds is 1. The van der Waals surface area contributed by atoms with E-state index >= 15 is 0 Å². The third-order valence-electron chi connectivity index (χ3n) is 2.17. The molecule has 2 heterocycles. The summed E-state index contributed by atoms with van der Waals surface area (Å²) in [4.78, 5) is 13.4. The van der Waals surface area contributed by atoms with Gasteiger partial charge in [0.1, 0.15) is 0 Å². The molecule has 1 saturated heterocycles. The summed E-state index contributed by atoms with van der Waals surface area (Å²) in [6.45, 7) is 3.40. The van der Waals surface area contributed by atoms with Crippen LogP contribution >= 0.6 is 11.3 Å². The maximum absolute atomic E-state index is 11.6. The van der Waals surface area contributed by atoms with Gasteiger partial charge in [-0.05, 0) is 24.4 Å². The molecule has 0 spiro atoms. The Balaban J connectivity index is 2.24. The van der Waals surface area contributed by atoms with Gasteiger partial charge in [0, 0.05) is 12.6 Å². The number of hydrogen-bond donors (Lipinski definition) is 1. The number of nitrogens with one attached hydrogen (secondary N) is 1. The second-order valence-corrected chi connectivity index (χ2v) is 4.12. The van der Waals surface area contributed by atoms with E-state index in [9.17, 15) is 4.79 Å². The van der Waals surface area contributed by atoms with Crippen LogP contribution in [0.2, 0.25) is 0 Å². The third kappa shape index (κ3) is 1.59. The van der Waals surface area contributed by atoms with E-state index in [1.54, 1.807) is 11.3 Å². The molecular weight excluding hydrogens is 184 g/mol. The zero-order valence-corrected chi connectivity index (χ0v) is 8.30. The normalized spacial score (nSPS) is 23.6. The van der Waals surface area contributed by atoms with Crippen LogP contribution in [0.25, 0.3) is 0 Å². The lowest BCUT2D eigenvalue weighted by Gasteiger charge is -2.32. The van der Waals surface area contributed by atoms with E-state index in [-0.39, 0.29) is 11.9 Å². The zero-order chi connectivity index (χ0) is 9.26. The second kappa shape index (κ2) is 3.47. The van der Waals surface area contributed by atoms with Crippen LogP contribution in [0.1, 0.15) is 6.92 Å². The van der Waals surface area contributed by atoms with Gasteiger partial charge in [-0.2, -0.15) is 0 Å². The average molecular weight is 196 g/mol. The first-order valence-corrected chi connectivity index (χ1v) is 5.23. The van der Waals surface area contributed by atoms with Gasteiger partial charge >= 0.3 is 0 Å². The maximum atomic E-state index is 11.6. The summed E-state index contributed by atoms with van der Waals surface area (Å²) in [7, 11) is 0. The van der Waals surface area contributed by atoms with Crippen LogP contribution in [0, 0.1) is 0 Å². The maximum Gasteiger partial charge on any atom is 0.241 e. The van der Waals surface area contributed by atoms with Crippen molar-refractivity contribution < 1.29 is 4.79 Å². The lowest BCUT2D eigenvalue weighted by Crippen LogP contribution is -2.53. The molecule has 1 fully saturated rings. The molecule has 0 aromatic carbocycles. The lowest BCUT2D eigenvalue weighted by atomic mass is 10.2. The minimum atomic E-state index is 0.168. The molecular formula is C9H12N2OS. The summed E-state index contributed by atoms with van der Waals surface area (Å²) < 4.78 is 0. The molecule has 0 radical (unpaired) electrons. The largest absolute Gasteiger partial charge is 0.306 e. The number of anilines is 1. The molecule has 1 atom stereocenters. The third-order valence-corrected chi connectivity index (χ3v) is 3.04. The molecule has 1 N–H and O–H groups in total. The van der Waals surface area contributed by atoms with E-state index in [0.29, 0.717) is 6.54 Å². The number of amides is 1. The number of carbonyl (C=O) groups excluding carboxylic acids is 1. The smallest absolute Gasteiger partial charge is 0.241 e. The predicted molar refractivity (Wildman–Crippen MR) is 54.1 cm³/mol. The van der Waals surface area contributed by atoms with Gasteiger partial charge in [-0.15, -0.1) is 11.3 Å². The molecule has 1 aliphatic heterocycles. The van der Waals surface area contributed by atoms with Crippen LogP contribution < -0.4 is 10.2 Å². The van der Waals surface area contributed by atoms with Crippen LogP contribution in [0.5, 0.6) is 0 Å². The van der Waals surface area contributed by atoms with Gasteiger partial charge in [-0.1, -0.05) is 0 Å². The molecule has 2 rings (SSSR count). The van der Waals surface area contributed by atoms with Crippen molar-refractivity contribution in [2.24, 2.45) is 0 Å². The highest BCUT2D eigenvalue weighted by Crippen LogP contribution is 2.24. The van der Waals surface area contributed by atoms with Crippen LogP contribution in [0.15, 0.2) is 17.5 Å². The van der Waals surface area contributed by atoms with E-state index in [1.807, 2.05) is 22.4 Å². The molecule has 70 valence electrons. The van der Waals surface area contributed by atoms with Gasteiger partial charge in [-0.25, -0.2) is 0 Å². The summed E-state index contributed by atoms with van der Waals surface area (Å²) in [6.07, 6.45) is 0. The fourth-order valence-electron chi connectivity index (χ4n) is 1.56. The van der Waals surface area contributed by atoms with Crippen LogP contribution in [-0.4, -0.2) is 25.0 Å². The SMILES string of the molecule is CC1CNCC(=O)N1c1cccs1. The van der Waals surface area contributed by atoms with Crippen molar-refractivity contribution in [3.63, 3.8) is 0 Å². The summed E-state index contributed by atoms with van der Waals surface area (Å²) in [5.74, 6) is 0.168. The highest BCUT2D eigenvalue weighted by molar-refractivity contribution is 7.14. The quantitative estimate of drug-likeness (QED) is 0.728. The molecule has 13 heavy (non-hydrogen) atoms. The molecule has 0 saturated carbocycles. The van der Waals surface area contributed by atoms with Crippen molar-refractivity contribution >= 4 is 22.2 Å². The monoisotopic (exact) mass is 196 g/mol. The Kier molecular flexibility index (Phi) is 2.33. The highest BCUT2D eigenvalue weighted by Gasteiger charge is 2.25. The Labute approximate surface area is 81.4 Å². The molecule has 3 nitrogen and oxygen atoms in total. The van der Waals surface area contributed by atoms with Crippen LogP contribution in [-0.2, 0) is 4.79 Å². The second-order valence-electron chi connectivity index (χ2n) is 3.19. The van der Waals surface area contributed by atoms with E-state index in [2.05, 4.69) is 12.2 Å². The predicted octanol–water partition coefficient (Wildman–Crippen LogP) is 1.07. The Morgan fingerprint density at radius 3 is 3.15 bits per heavy atom. The van der Waals surface area contributed by atoms with Crippen molar-refractivity contribution in [1.29, 1.82) is 0 Å². The van der Waals surface area contributed by atoms with Gasteiger partial charge < -0.3 is 5.32 Å². The molecule has 1 unspecified atom stereocenters. The van der Waals surface area contributed by atoms with E-state index in [1.165, 1.54) is 0 Å². The number of carbonyl (C=O) groups is 1. The van der Waals surface area contributed by atoms with Crippen molar-refractivity contribution in [2.45, 2.75) is 13.0 Å². The number of nitrogens with zero attached hydrogens (tertiary/aromatic N) is 1. The first-order valence-electron chi connectivity index (χ1n) is 4.35. The standard InChI is InChI=1S/C9H12N2OS/c1-7-5-10-6-8(12)11(7)9-3-2-4-13-9/h2-4,7,10H,5-6H2,1H3. The van der Waals surface area contributed by atoms with Gasteiger partial charge in [0.15, 0.2) is 0 Å². The van der Waals surface area contributed by atoms with Gasteiger partial charge in [0.2, 0.25) is 5.91 Å². The fourth-order valence-corrected chi connectivity index (χ4v) is 2.41. The molecule has 1 aliphatic rings. The topological polar surface area (TPSA) is 32.3 Å². The Morgan fingerprint density at radius 1 is 1.69 bits per heavy atom. The van der Waals surface area contributed by atoms with Gasteiger partial charge in [0.25, 0.3) is 0 Å². The summed E-state index contributed by atoms with van der Waals surface area (Å²) in [5.41, 5.74) is 0. The highest BCUT2D eigenvalue weighted by atomic mass is 32.1. The van der Waals surface area contributed by atoms with Gasteiger partial charge in [0.05, 0.1) is 11.5 Å². The van der Waals surface area contributed by atoms with Crippen molar-refractivity contribution in [3.05, 3.63) is 17.5 Å². The molecule has 1 amide bonds. The first kappa shape index (κ1) is 8.72. The van der Waals surface area contributed by atoms with Crippen LogP contribution in [0.3, 0.4) is 0 Å². The number of thiophene rings is 1. The Morgan fingerprint density at radius 2 is 2.54 bits per heavy atom. The zero-order valence-electron chi connectivity index (χ0n) is 7.49. The number of hydrogen-bond acceptors (Lipinski definition) is 3. The summed E-state index contributed by atoms with van der Waals surface area (Å²) >= 11 is 1.61. The minimum absolute atomic E-state index is 0.168. The molecule has 4 heteroatoms. The fraction of sp³-hybridized carbons (Fsp3) is 0.444. The lowest BCUT2D eigenvalue weighted by molar-refractivity contribution is -0.119. The Hall–Kier alpha value is -0.870. The summed E-state index contributed by atoms with van der Waals surface area (Å²) in [5, 5.41) is 6.14. The summed E-state index contributed by atoms with van der Waals surface area (Å²) in [6, 6.07) is 4.23. The first-order chi connectivity index (χ1) is 6.29. The molecule has 1 aromatic rings. The van der Waals surface area contributed by atoms with Crippen LogP contribution in [0.4, 0.5) is 5.00 Å². The molecule has 1 aromatic heterocycles. The molecule has 0 bridgehead atoms. The minimum Gasteiger partial charge on any atom is -0.306 e. The van der Waals surface area contributed by atoms with E-state index in [0.717, 1.165) is 11.5 Å². The van der Waals surface area contributed by atoms with Crippen molar-refractivity contribution in [1.82, 2.24) is 5.32 Å². The molecule has 0 aliphatic carbocycles.